The number of sulfonamides is 1. The highest BCUT2D eigenvalue weighted by atomic mass is 32.2. The molecule has 1 amide bonds. The Morgan fingerprint density at radius 2 is 1.57 bits per heavy atom. The summed E-state index contributed by atoms with van der Waals surface area (Å²) in [6.07, 6.45) is 0.745. The molecule has 0 bridgehead atoms. The van der Waals surface area contributed by atoms with Crippen LogP contribution in [0.3, 0.4) is 0 Å². The Morgan fingerprint density at radius 3 is 2.20 bits per heavy atom. The molecule has 0 unspecified atom stereocenters. The van der Waals surface area contributed by atoms with Crippen LogP contribution in [0.4, 0.5) is 5.69 Å². The summed E-state index contributed by atoms with van der Waals surface area (Å²) in [6, 6.07) is 21.3. The van der Waals surface area contributed by atoms with Gasteiger partial charge in [0.25, 0.3) is 15.9 Å². The van der Waals surface area contributed by atoms with E-state index in [2.05, 4.69) is 10.0 Å². The van der Waals surface area contributed by atoms with Gasteiger partial charge in [0, 0.05) is 5.56 Å². The second-order valence-corrected chi connectivity index (χ2v) is 8.92. The summed E-state index contributed by atoms with van der Waals surface area (Å²) < 4.78 is 28.1. The molecule has 0 radical (unpaired) electrons. The second-order valence-electron chi connectivity index (χ2n) is 7.24. The molecule has 0 aliphatic heterocycles. The Hall–Kier alpha value is -3.12. The maximum Gasteiger partial charge on any atom is 0.261 e. The van der Waals surface area contributed by atoms with Crippen molar-refractivity contribution in [3.63, 3.8) is 0 Å². The van der Waals surface area contributed by atoms with Gasteiger partial charge in [0.15, 0.2) is 0 Å². The molecule has 6 heteroatoms. The van der Waals surface area contributed by atoms with E-state index in [0.717, 1.165) is 17.5 Å². The first-order chi connectivity index (χ1) is 14.3. The van der Waals surface area contributed by atoms with Crippen molar-refractivity contribution in [2.45, 2.75) is 38.1 Å². The van der Waals surface area contributed by atoms with Crippen LogP contribution in [0, 0.1) is 13.8 Å². The molecule has 30 heavy (non-hydrogen) atoms. The summed E-state index contributed by atoms with van der Waals surface area (Å²) in [5.41, 5.74) is 3.41. The molecule has 0 spiro atoms. The maximum atomic E-state index is 12.9. The zero-order valence-corrected chi connectivity index (χ0v) is 18.2. The molecule has 3 aromatic carbocycles. The summed E-state index contributed by atoms with van der Waals surface area (Å²) in [7, 11) is -3.75. The molecule has 2 N–H and O–H groups in total. The van der Waals surface area contributed by atoms with Crippen molar-refractivity contribution in [3.05, 3.63) is 95.1 Å². The maximum absolute atomic E-state index is 12.9. The van der Waals surface area contributed by atoms with Crippen LogP contribution >= 0.6 is 0 Å². The zero-order chi connectivity index (χ0) is 21.7. The first kappa shape index (κ1) is 21.6. The third-order valence-corrected chi connectivity index (χ3v) is 6.45. The highest BCUT2D eigenvalue weighted by Gasteiger charge is 2.20. The van der Waals surface area contributed by atoms with Crippen LogP contribution < -0.4 is 10.0 Å². The molecule has 1 atom stereocenters. The molecule has 3 rings (SSSR count). The lowest BCUT2D eigenvalue weighted by molar-refractivity contribution is 0.0935. The summed E-state index contributed by atoms with van der Waals surface area (Å²) in [6.45, 7) is 5.65. The second kappa shape index (κ2) is 9.13. The van der Waals surface area contributed by atoms with Crippen LogP contribution in [0.15, 0.2) is 77.7 Å². The fourth-order valence-electron chi connectivity index (χ4n) is 3.26. The van der Waals surface area contributed by atoms with Crippen LogP contribution in [0.2, 0.25) is 0 Å². The van der Waals surface area contributed by atoms with E-state index >= 15 is 0 Å². The lowest BCUT2D eigenvalue weighted by atomic mass is 10.0. The largest absolute Gasteiger partial charge is 0.345 e. The van der Waals surface area contributed by atoms with Crippen LogP contribution in [0.5, 0.6) is 0 Å². The van der Waals surface area contributed by atoms with Gasteiger partial charge in [-0.05, 0) is 55.7 Å². The minimum atomic E-state index is -3.75. The molecule has 0 saturated carbocycles. The Balaban J connectivity index is 1.83. The molecule has 0 saturated heterocycles. The Labute approximate surface area is 178 Å². The summed E-state index contributed by atoms with van der Waals surface area (Å²) in [5.74, 6) is -0.236. The molecule has 156 valence electrons. The van der Waals surface area contributed by atoms with Gasteiger partial charge < -0.3 is 5.32 Å². The van der Waals surface area contributed by atoms with Gasteiger partial charge in [0.2, 0.25) is 0 Å². The van der Waals surface area contributed by atoms with E-state index in [4.69, 9.17) is 0 Å². The van der Waals surface area contributed by atoms with Crippen molar-refractivity contribution in [2.75, 3.05) is 4.72 Å². The monoisotopic (exact) mass is 422 g/mol. The van der Waals surface area contributed by atoms with E-state index in [0.29, 0.717) is 16.8 Å². The van der Waals surface area contributed by atoms with Crippen molar-refractivity contribution in [1.82, 2.24) is 5.32 Å². The number of benzene rings is 3. The molecule has 0 heterocycles. The normalized spacial score (nSPS) is 12.2. The van der Waals surface area contributed by atoms with E-state index in [9.17, 15) is 13.2 Å². The third kappa shape index (κ3) is 4.89. The van der Waals surface area contributed by atoms with Gasteiger partial charge in [-0.2, -0.15) is 0 Å². The number of hydrogen-bond acceptors (Lipinski definition) is 3. The van der Waals surface area contributed by atoms with Crippen molar-refractivity contribution in [1.29, 1.82) is 0 Å². The third-order valence-electron chi connectivity index (χ3n) is 5.07. The van der Waals surface area contributed by atoms with E-state index in [1.807, 2.05) is 44.2 Å². The topological polar surface area (TPSA) is 75.3 Å². The van der Waals surface area contributed by atoms with Crippen LogP contribution in [0.25, 0.3) is 0 Å². The number of anilines is 1. The SMILES string of the molecule is CC[C@H](NC(=O)c1cccc(NS(=O)(=O)c2ccc(C)cc2)c1C)c1ccccc1. The van der Waals surface area contributed by atoms with Crippen molar-refractivity contribution >= 4 is 21.6 Å². The first-order valence-corrected chi connectivity index (χ1v) is 11.3. The molecule has 0 fully saturated rings. The number of hydrogen-bond donors (Lipinski definition) is 2. The number of nitrogens with one attached hydrogen (secondary N) is 2. The molecular formula is C24H26N2O3S. The van der Waals surface area contributed by atoms with Gasteiger partial charge in [-0.3, -0.25) is 9.52 Å². The highest BCUT2D eigenvalue weighted by molar-refractivity contribution is 7.92. The van der Waals surface area contributed by atoms with Crippen molar-refractivity contribution in [3.8, 4) is 0 Å². The summed E-state index contributed by atoms with van der Waals surface area (Å²) in [4.78, 5) is 13.1. The van der Waals surface area contributed by atoms with Crippen LogP contribution in [-0.4, -0.2) is 14.3 Å². The number of carbonyl (C=O) groups is 1. The molecule has 0 aromatic heterocycles. The van der Waals surface area contributed by atoms with Crippen molar-refractivity contribution < 1.29 is 13.2 Å². The molecule has 0 aliphatic rings. The van der Waals surface area contributed by atoms with Gasteiger partial charge in [0.05, 0.1) is 16.6 Å². The van der Waals surface area contributed by atoms with Crippen molar-refractivity contribution in [2.24, 2.45) is 0 Å². The summed E-state index contributed by atoms with van der Waals surface area (Å²) in [5, 5.41) is 3.05. The van der Waals surface area contributed by atoms with Crippen LogP contribution in [-0.2, 0) is 10.0 Å². The van der Waals surface area contributed by atoms with Crippen LogP contribution in [0.1, 0.15) is 46.4 Å². The molecule has 0 aliphatic carbocycles. The number of carbonyl (C=O) groups excluding carboxylic acids is 1. The number of rotatable bonds is 7. The van der Waals surface area contributed by atoms with Gasteiger partial charge in [-0.15, -0.1) is 0 Å². The standard InChI is InChI=1S/C24H26N2O3S/c1-4-22(19-9-6-5-7-10-19)25-24(27)21-11-8-12-23(18(21)3)26-30(28,29)20-15-13-17(2)14-16-20/h5-16,22,26H,4H2,1-3H3,(H,25,27)/t22-/m0/s1. The minimum Gasteiger partial charge on any atom is -0.345 e. The fourth-order valence-corrected chi connectivity index (χ4v) is 4.38. The van der Waals surface area contributed by atoms with E-state index in [-0.39, 0.29) is 16.8 Å². The van der Waals surface area contributed by atoms with Gasteiger partial charge in [-0.25, -0.2) is 8.42 Å². The predicted molar refractivity (Wildman–Crippen MR) is 120 cm³/mol. The lowest BCUT2D eigenvalue weighted by Crippen LogP contribution is -2.29. The Bertz CT molecular complexity index is 1120. The van der Waals surface area contributed by atoms with Gasteiger partial charge >= 0.3 is 0 Å². The quantitative estimate of drug-likeness (QED) is 0.563. The van der Waals surface area contributed by atoms with E-state index < -0.39 is 10.0 Å². The summed E-state index contributed by atoms with van der Waals surface area (Å²) >= 11 is 0. The van der Waals surface area contributed by atoms with Gasteiger partial charge in [0.1, 0.15) is 0 Å². The lowest BCUT2D eigenvalue weighted by Gasteiger charge is -2.19. The highest BCUT2D eigenvalue weighted by Crippen LogP contribution is 2.24. The fraction of sp³-hybridized carbons (Fsp3) is 0.208. The first-order valence-electron chi connectivity index (χ1n) is 9.86. The zero-order valence-electron chi connectivity index (χ0n) is 17.3. The number of amides is 1. The number of aryl methyl sites for hydroxylation is 1. The van der Waals surface area contributed by atoms with Gasteiger partial charge in [-0.1, -0.05) is 61.0 Å². The Kier molecular flexibility index (Phi) is 6.57. The van der Waals surface area contributed by atoms with E-state index in [1.54, 1.807) is 49.4 Å². The smallest absolute Gasteiger partial charge is 0.261 e. The van der Waals surface area contributed by atoms with E-state index in [1.165, 1.54) is 0 Å². The minimum absolute atomic E-state index is 0.119. The Morgan fingerprint density at radius 1 is 0.900 bits per heavy atom. The average Bonchev–Trinajstić information content (AvgIpc) is 2.74. The molecular weight excluding hydrogens is 396 g/mol. The predicted octanol–water partition coefficient (Wildman–Crippen LogP) is 4.99. The molecule has 5 nitrogen and oxygen atoms in total. The molecule has 3 aromatic rings. The average molecular weight is 423 g/mol.